The van der Waals surface area contributed by atoms with Crippen LogP contribution in [0.25, 0.3) is 0 Å². The molecule has 1 saturated heterocycles. The molecule has 9 heteroatoms. The highest BCUT2D eigenvalue weighted by Gasteiger charge is 2.43. The average molecular weight is 411 g/mol. The SMILES string of the molecule is COCC(=O)N1CC(N(Cc2cccs2)C(=O)C(C)C)CC1C(=O)NCCN. The van der Waals surface area contributed by atoms with Crippen molar-refractivity contribution in [1.29, 1.82) is 0 Å². The molecule has 3 amide bonds. The molecule has 2 unspecified atom stereocenters. The Bertz CT molecular complexity index is 665. The summed E-state index contributed by atoms with van der Waals surface area (Å²) in [5.41, 5.74) is 5.47. The zero-order chi connectivity index (χ0) is 20.7. The first-order chi connectivity index (χ1) is 13.4. The molecule has 0 spiro atoms. The number of hydrogen-bond donors (Lipinski definition) is 2. The van der Waals surface area contributed by atoms with Gasteiger partial charge in [-0.05, 0) is 17.9 Å². The number of likely N-dealkylation sites (tertiary alicyclic amines) is 1. The van der Waals surface area contributed by atoms with Gasteiger partial charge in [-0.3, -0.25) is 14.4 Å². The summed E-state index contributed by atoms with van der Waals surface area (Å²) in [4.78, 5) is 42.4. The van der Waals surface area contributed by atoms with Crippen LogP contribution in [-0.2, 0) is 25.7 Å². The van der Waals surface area contributed by atoms with Crippen molar-refractivity contribution < 1.29 is 19.1 Å². The number of nitrogens with one attached hydrogen (secondary N) is 1. The number of rotatable bonds is 9. The van der Waals surface area contributed by atoms with Crippen molar-refractivity contribution in [3.05, 3.63) is 22.4 Å². The molecule has 28 heavy (non-hydrogen) atoms. The minimum absolute atomic E-state index is 0.0144. The summed E-state index contributed by atoms with van der Waals surface area (Å²) in [5, 5.41) is 4.73. The van der Waals surface area contributed by atoms with Crippen LogP contribution < -0.4 is 11.1 Å². The maximum absolute atomic E-state index is 12.9. The minimum atomic E-state index is -0.634. The summed E-state index contributed by atoms with van der Waals surface area (Å²) in [7, 11) is 1.44. The van der Waals surface area contributed by atoms with Crippen LogP contribution in [0.5, 0.6) is 0 Å². The molecule has 8 nitrogen and oxygen atoms in total. The van der Waals surface area contributed by atoms with E-state index in [-0.39, 0.29) is 36.3 Å². The van der Waals surface area contributed by atoms with Crippen LogP contribution in [0.4, 0.5) is 0 Å². The highest BCUT2D eigenvalue weighted by molar-refractivity contribution is 7.09. The Hall–Kier alpha value is -1.97. The zero-order valence-corrected chi connectivity index (χ0v) is 17.5. The number of nitrogens with two attached hydrogens (primary N) is 1. The van der Waals surface area contributed by atoms with Crippen LogP contribution in [0, 0.1) is 5.92 Å². The van der Waals surface area contributed by atoms with Crippen molar-refractivity contribution in [2.24, 2.45) is 11.7 Å². The third-order valence-electron chi connectivity index (χ3n) is 4.74. The molecule has 0 bridgehead atoms. The first-order valence-electron chi connectivity index (χ1n) is 9.48. The predicted molar refractivity (Wildman–Crippen MR) is 108 cm³/mol. The topological polar surface area (TPSA) is 105 Å². The van der Waals surface area contributed by atoms with Crippen LogP contribution in [0.1, 0.15) is 25.1 Å². The van der Waals surface area contributed by atoms with Crippen LogP contribution in [-0.4, -0.2) is 73.0 Å². The highest BCUT2D eigenvalue weighted by atomic mass is 32.1. The van der Waals surface area contributed by atoms with Crippen LogP contribution in [0.2, 0.25) is 0 Å². The summed E-state index contributed by atoms with van der Waals surface area (Å²) in [6.45, 7) is 5.07. The van der Waals surface area contributed by atoms with E-state index in [9.17, 15) is 14.4 Å². The lowest BCUT2D eigenvalue weighted by molar-refractivity contribution is -0.141. The van der Waals surface area contributed by atoms with E-state index >= 15 is 0 Å². The molecule has 2 rings (SSSR count). The summed E-state index contributed by atoms with van der Waals surface area (Å²) in [5.74, 6) is -0.662. The van der Waals surface area contributed by atoms with Crippen molar-refractivity contribution in [3.8, 4) is 0 Å². The Morgan fingerprint density at radius 2 is 2.18 bits per heavy atom. The second-order valence-corrected chi connectivity index (χ2v) is 8.20. The third kappa shape index (κ3) is 5.52. The zero-order valence-electron chi connectivity index (χ0n) is 16.7. The molecule has 2 heterocycles. The molecule has 1 aliphatic heterocycles. The van der Waals surface area contributed by atoms with Gasteiger partial charge in [-0.1, -0.05) is 19.9 Å². The van der Waals surface area contributed by atoms with E-state index in [4.69, 9.17) is 10.5 Å². The molecule has 0 saturated carbocycles. The molecule has 156 valence electrons. The van der Waals surface area contributed by atoms with Crippen LogP contribution >= 0.6 is 11.3 Å². The monoisotopic (exact) mass is 410 g/mol. The van der Waals surface area contributed by atoms with Gasteiger partial charge >= 0.3 is 0 Å². The van der Waals surface area contributed by atoms with Gasteiger partial charge in [-0.2, -0.15) is 0 Å². The Labute approximate surface area is 170 Å². The van der Waals surface area contributed by atoms with Crippen molar-refractivity contribution in [2.45, 2.75) is 38.9 Å². The molecular formula is C19H30N4O4S. The molecule has 0 aromatic carbocycles. The maximum Gasteiger partial charge on any atom is 0.249 e. The number of ether oxygens (including phenoxy) is 1. The maximum atomic E-state index is 12.9. The summed E-state index contributed by atoms with van der Waals surface area (Å²) in [6.07, 6.45) is 0.399. The first kappa shape index (κ1) is 22.3. The molecule has 1 aromatic heterocycles. The number of hydrogen-bond acceptors (Lipinski definition) is 6. The van der Waals surface area contributed by atoms with E-state index in [2.05, 4.69) is 5.32 Å². The lowest BCUT2D eigenvalue weighted by Crippen LogP contribution is -2.48. The van der Waals surface area contributed by atoms with Crippen molar-refractivity contribution in [2.75, 3.05) is 33.4 Å². The molecule has 2 atom stereocenters. The normalized spacial score (nSPS) is 19.1. The molecule has 1 aliphatic rings. The number of methoxy groups -OCH3 is 1. The largest absolute Gasteiger partial charge is 0.375 e. The second kappa shape index (κ2) is 10.5. The van der Waals surface area contributed by atoms with Crippen LogP contribution in [0.15, 0.2) is 17.5 Å². The molecular weight excluding hydrogens is 380 g/mol. The fraction of sp³-hybridized carbons (Fsp3) is 0.632. The van der Waals surface area contributed by atoms with E-state index in [1.807, 2.05) is 31.4 Å². The van der Waals surface area contributed by atoms with E-state index < -0.39 is 6.04 Å². The fourth-order valence-corrected chi connectivity index (χ4v) is 4.08. The van der Waals surface area contributed by atoms with Crippen LogP contribution in [0.3, 0.4) is 0 Å². The lowest BCUT2D eigenvalue weighted by atomic mass is 10.1. The third-order valence-corrected chi connectivity index (χ3v) is 5.60. The Morgan fingerprint density at radius 1 is 1.43 bits per heavy atom. The number of amides is 3. The lowest BCUT2D eigenvalue weighted by Gasteiger charge is -2.30. The van der Waals surface area contributed by atoms with Gasteiger partial charge in [0.05, 0.1) is 12.6 Å². The summed E-state index contributed by atoms with van der Waals surface area (Å²) in [6, 6.07) is 3.07. The molecule has 0 aliphatic carbocycles. The molecule has 3 N–H and O–H groups in total. The van der Waals surface area contributed by atoms with Crippen molar-refractivity contribution in [3.63, 3.8) is 0 Å². The van der Waals surface area contributed by atoms with Gasteiger partial charge in [0.2, 0.25) is 17.7 Å². The standard InChI is InChI=1S/C19H30N4O4S/c1-13(2)19(26)22(11-15-5-4-8-28-15)14-9-16(18(25)21-7-6-20)23(10-14)17(24)12-27-3/h4-5,8,13-14,16H,6-7,9-12,20H2,1-3H3,(H,21,25). The van der Waals surface area contributed by atoms with Gasteiger partial charge in [0.15, 0.2) is 0 Å². The molecule has 1 fully saturated rings. The van der Waals surface area contributed by atoms with Gasteiger partial charge in [0.1, 0.15) is 12.6 Å². The smallest absolute Gasteiger partial charge is 0.249 e. The Morgan fingerprint density at radius 3 is 2.75 bits per heavy atom. The number of nitrogens with zero attached hydrogens (tertiary/aromatic N) is 2. The van der Waals surface area contributed by atoms with Gasteiger partial charge in [-0.25, -0.2) is 0 Å². The van der Waals surface area contributed by atoms with Gasteiger partial charge in [-0.15, -0.1) is 11.3 Å². The fourth-order valence-electron chi connectivity index (χ4n) is 3.37. The number of thiophene rings is 1. The van der Waals surface area contributed by atoms with Gasteiger partial charge in [0, 0.05) is 37.5 Å². The highest BCUT2D eigenvalue weighted by Crippen LogP contribution is 2.26. The average Bonchev–Trinajstić information content (AvgIpc) is 3.33. The van der Waals surface area contributed by atoms with E-state index in [1.165, 1.54) is 12.0 Å². The second-order valence-electron chi connectivity index (χ2n) is 7.16. The Kier molecular flexibility index (Phi) is 8.40. The Balaban J connectivity index is 2.23. The number of carbonyl (C=O) groups is 3. The van der Waals surface area contributed by atoms with Gasteiger partial charge in [0.25, 0.3) is 0 Å². The van der Waals surface area contributed by atoms with Crippen molar-refractivity contribution >= 4 is 29.1 Å². The predicted octanol–water partition coefficient (Wildman–Crippen LogP) is 0.424. The molecule has 0 radical (unpaired) electrons. The van der Waals surface area contributed by atoms with Crippen molar-refractivity contribution in [1.82, 2.24) is 15.1 Å². The van der Waals surface area contributed by atoms with E-state index in [1.54, 1.807) is 16.2 Å². The first-order valence-corrected chi connectivity index (χ1v) is 10.4. The van der Waals surface area contributed by atoms with E-state index in [0.29, 0.717) is 32.6 Å². The van der Waals surface area contributed by atoms with Gasteiger partial charge < -0.3 is 25.6 Å². The molecule has 1 aromatic rings. The van der Waals surface area contributed by atoms with E-state index in [0.717, 1.165) is 4.88 Å². The minimum Gasteiger partial charge on any atom is -0.375 e. The number of carbonyl (C=O) groups excluding carboxylic acids is 3. The summed E-state index contributed by atoms with van der Waals surface area (Å²) < 4.78 is 4.97. The quantitative estimate of drug-likeness (QED) is 0.614. The summed E-state index contributed by atoms with van der Waals surface area (Å²) >= 11 is 1.58.